The minimum atomic E-state index is -1.67. The minimum absolute atomic E-state index is 0.0523. The Labute approximate surface area is 81.1 Å². The van der Waals surface area contributed by atoms with E-state index in [2.05, 4.69) is 4.74 Å². The van der Waals surface area contributed by atoms with Gasteiger partial charge in [0.05, 0.1) is 0 Å². The van der Waals surface area contributed by atoms with Gasteiger partial charge in [0.2, 0.25) is 0 Å². The summed E-state index contributed by atoms with van der Waals surface area (Å²) < 4.78 is 16.5. The number of benzene rings is 1. The maximum Gasteiger partial charge on any atom is 0.338 e. The maximum atomic E-state index is 11.8. The van der Waals surface area contributed by atoms with Gasteiger partial charge in [0.25, 0.3) is 0 Å². The van der Waals surface area contributed by atoms with Gasteiger partial charge in [-0.25, -0.2) is 9.18 Å². The fourth-order valence-electron chi connectivity index (χ4n) is 0.888. The van der Waals surface area contributed by atoms with E-state index in [-0.39, 0.29) is 6.61 Å². The van der Waals surface area contributed by atoms with Crippen molar-refractivity contribution >= 4 is 5.97 Å². The summed E-state index contributed by atoms with van der Waals surface area (Å²) >= 11 is 0. The van der Waals surface area contributed by atoms with Gasteiger partial charge >= 0.3 is 5.97 Å². The Morgan fingerprint density at radius 1 is 1.43 bits per heavy atom. The van der Waals surface area contributed by atoms with Crippen molar-refractivity contribution in [2.24, 2.45) is 0 Å². The molecule has 1 atom stereocenters. The quantitative estimate of drug-likeness (QED) is 0.736. The molecule has 0 aliphatic heterocycles. The number of aliphatic hydroxyl groups is 1. The molecule has 0 fully saturated rings. The first-order chi connectivity index (χ1) is 6.74. The molecule has 0 aliphatic rings. The summed E-state index contributed by atoms with van der Waals surface area (Å²) in [4.78, 5) is 10.8. The van der Waals surface area contributed by atoms with Crippen LogP contribution < -0.4 is 0 Å². The van der Waals surface area contributed by atoms with E-state index in [9.17, 15) is 9.18 Å². The Morgan fingerprint density at radius 3 is 2.64 bits per heavy atom. The summed E-state index contributed by atoms with van der Waals surface area (Å²) in [6.07, 6.45) is -1.67. The van der Waals surface area contributed by atoms with E-state index in [0.29, 0.717) is 0 Å². The number of alkyl halides is 1. The molecule has 0 unspecified atom stereocenters. The van der Waals surface area contributed by atoms with Crippen LogP contribution in [0, 0.1) is 0 Å². The summed E-state index contributed by atoms with van der Waals surface area (Å²) in [5, 5.41) is 8.75. The zero-order chi connectivity index (χ0) is 10.4. The molecule has 0 bridgehead atoms. The van der Waals surface area contributed by atoms with Crippen LogP contribution in [0.1, 0.15) is 5.56 Å². The van der Waals surface area contributed by atoms with E-state index in [1.165, 1.54) is 0 Å². The monoisotopic (exact) mass is 198 g/mol. The minimum Gasteiger partial charge on any atom is -0.459 e. The lowest BCUT2D eigenvalue weighted by atomic mass is 10.2. The van der Waals surface area contributed by atoms with Crippen molar-refractivity contribution in [1.29, 1.82) is 0 Å². The Balaban J connectivity index is 2.38. The highest BCUT2D eigenvalue weighted by molar-refractivity contribution is 5.74. The fourth-order valence-corrected chi connectivity index (χ4v) is 0.888. The number of esters is 1. The first kappa shape index (κ1) is 10.7. The van der Waals surface area contributed by atoms with E-state index in [1.54, 1.807) is 24.3 Å². The number of ether oxygens (including phenoxy) is 1. The van der Waals surface area contributed by atoms with Gasteiger partial charge in [-0.15, -0.1) is 0 Å². The molecule has 4 heteroatoms. The Hall–Kier alpha value is -1.42. The summed E-state index contributed by atoms with van der Waals surface area (Å²) in [7, 11) is 0. The van der Waals surface area contributed by atoms with Gasteiger partial charge in [0.15, 0.2) is 6.10 Å². The van der Waals surface area contributed by atoms with Crippen LogP contribution in [0.3, 0.4) is 0 Å². The smallest absolute Gasteiger partial charge is 0.338 e. The molecule has 0 saturated heterocycles. The van der Waals surface area contributed by atoms with Crippen molar-refractivity contribution in [1.82, 2.24) is 0 Å². The number of rotatable bonds is 4. The molecule has 76 valence electrons. The molecule has 1 aromatic carbocycles. The summed E-state index contributed by atoms with van der Waals surface area (Å²) in [6.45, 7) is -1.07. The molecule has 1 N–H and O–H groups in total. The van der Waals surface area contributed by atoms with Crippen molar-refractivity contribution in [3.8, 4) is 0 Å². The SMILES string of the molecule is O=C(OCc1ccccc1)[C@H](O)CF. The second-order valence-electron chi connectivity index (χ2n) is 2.76. The van der Waals surface area contributed by atoms with Crippen molar-refractivity contribution in [2.75, 3.05) is 6.67 Å². The number of aliphatic hydroxyl groups excluding tert-OH is 1. The van der Waals surface area contributed by atoms with E-state index in [0.717, 1.165) is 5.56 Å². The normalized spacial score (nSPS) is 12.1. The highest BCUT2D eigenvalue weighted by Crippen LogP contribution is 2.01. The molecule has 0 aromatic heterocycles. The first-order valence-corrected chi connectivity index (χ1v) is 4.18. The van der Waals surface area contributed by atoms with Crippen LogP contribution in [0.15, 0.2) is 30.3 Å². The zero-order valence-corrected chi connectivity index (χ0v) is 7.52. The third kappa shape index (κ3) is 3.14. The van der Waals surface area contributed by atoms with Gasteiger partial charge in [-0.1, -0.05) is 30.3 Å². The third-order valence-corrected chi connectivity index (χ3v) is 1.64. The topological polar surface area (TPSA) is 46.5 Å². The highest BCUT2D eigenvalue weighted by atomic mass is 19.1. The number of carbonyl (C=O) groups is 1. The molecule has 0 saturated carbocycles. The van der Waals surface area contributed by atoms with E-state index < -0.39 is 18.7 Å². The number of hydrogen-bond acceptors (Lipinski definition) is 3. The summed E-state index contributed by atoms with van der Waals surface area (Å²) in [6, 6.07) is 8.98. The molecule has 0 heterocycles. The van der Waals surface area contributed by atoms with Crippen LogP contribution in [-0.2, 0) is 16.1 Å². The van der Waals surface area contributed by atoms with Crippen LogP contribution in [0.2, 0.25) is 0 Å². The van der Waals surface area contributed by atoms with E-state index in [4.69, 9.17) is 5.11 Å². The fraction of sp³-hybridized carbons (Fsp3) is 0.300. The van der Waals surface area contributed by atoms with Gasteiger partial charge in [-0.3, -0.25) is 0 Å². The largest absolute Gasteiger partial charge is 0.459 e. The zero-order valence-electron chi connectivity index (χ0n) is 7.52. The number of halogens is 1. The van der Waals surface area contributed by atoms with Gasteiger partial charge in [0, 0.05) is 0 Å². The molecule has 3 nitrogen and oxygen atoms in total. The first-order valence-electron chi connectivity index (χ1n) is 4.18. The molecule has 1 aromatic rings. The van der Waals surface area contributed by atoms with Crippen molar-refractivity contribution < 1.29 is 19.0 Å². The summed E-state index contributed by atoms with van der Waals surface area (Å²) in [5.74, 6) is -0.934. The number of hydrogen-bond donors (Lipinski definition) is 1. The Morgan fingerprint density at radius 2 is 2.07 bits per heavy atom. The standard InChI is InChI=1S/C10H11FO3/c11-6-9(12)10(13)14-7-8-4-2-1-3-5-8/h1-5,9,12H,6-7H2/t9-/m1/s1. The van der Waals surface area contributed by atoms with Gasteiger partial charge < -0.3 is 9.84 Å². The molecule has 1 rings (SSSR count). The molecule has 0 radical (unpaired) electrons. The van der Waals surface area contributed by atoms with Gasteiger partial charge in [-0.2, -0.15) is 0 Å². The van der Waals surface area contributed by atoms with Crippen LogP contribution in [-0.4, -0.2) is 23.9 Å². The van der Waals surface area contributed by atoms with Crippen LogP contribution >= 0.6 is 0 Å². The van der Waals surface area contributed by atoms with Crippen molar-refractivity contribution in [3.63, 3.8) is 0 Å². The molecular formula is C10H11FO3. The predicted octanol–water partition coefficient (Wildman–Crippen LogP) is 1.06. The lowest BCUT2D eigenvalue weighted by Gasteiger charge is -2.06. The molecular weight excluding hydrogens is 187 g/mol. The average Bonchev–Trinajstić information content (AvgIpc) is 2.26. The molecule has 0 aliphatic carbocycles. The maximum absolute atomic E-state index is 11.8. The van der Waals surface area contributed by atoms with Crippen molar-refractivity contribution in [2.45, 2.75) is 12.7 Å². The van der Waals surface area contributed by atoms with E-state index in [1.807, 2.05) is 6.07 Å². The van der Waals surface area contributed by atoms with Crippen LogP contribution in [0.4, 0.5) is 4.39 Å². The molecule has 0 spiro atoms. The third-order valence-electron chi connectivity index (χ3n) is 1.64. The molecule has 14 heavy (non-hydrogen) atoms. The highest BCUT2D eigenvalue weighted by Gasteiger charge is 2.15. The van der Waals surface area contributed by atoms with Gasteiger partial charge in [0.1, 0.15) is 13.3 Å². The van der Waals surface area contributed by atoms with E-state index >= 15 is 0 Å². The lowest BCUT2D eigenvalue weighted by Crippen LogP contribution is -2.24. The summed E-state index contributed by atoms with van der Waals surface area (Å²) in [5.41, 5.74) is 0.798. The van der Waals surface area contributed by atoms with Crippen LogP contribution in [0.5, 0.6) is 0 Å². The number of carbonyl (C=O) groups excluding carboxylic acids is 1. The van der Waals surface area contributed by atoms with Crippen LogP contribution in [0.25, 0.3) is 0 Å². The second-order valence-corrected chi connectivity index (χ2v) is 2.76. The van der Waals surface area contributed by atoms with Gasteiger partial charge in [-0.05, 0) is 5.56 Å². The Kier molecular flexibility index (Phi) is 4.07. The molecule has 0 amide bonds. The van der Waals surface area contributed by atoms with Crippen molar-refractivity contribution in [3.05, 3.63) is 35.9 Å². The lowest BCUT2D eigenvalue weighted by molar-refractivity contribution is -0.155. The second kappa shape index (κ2) is 5.34. The predicted molar refractivity (Wildman–Crippen MR) is 48.2 cm³/mol. The Bertz CT molecular complexity index is 287. The average molecular weight is 198 g/mol.